The number of rotatable bonds is 7. The topological polar surface area (TPSA) is 108 Å². The fourth-order valence-corrected chi connectivity index (χ4v) is 5.06. The average Bonchev–Trinajstić information content (AvgIpc) is 3.30. The van der Waals surface area contributed by atoms with E-state index in [-0.39, 0.29) is 28.5 Å². The van der Waals surface area contributed by atoms with Gasteiger partial charge in [-0.1, -0.05) is 6.07 Å². The van der Waals surface area contributed by atoms with Gasteiger partial charge in [-0.05, 0) is 86.2 Å². The number of likely N-dealkylation sites (tertiary alicyclic amines) is 1. The van der Waals surface area contributed by atoms with Crippen LogP contribution in [0.5, 0.6) is 11.5 Å². The van der Waals surface area contributed by atoms with Gasteiger partial charge in [-0.2, -0.15) is 0 Å². The highest BCUT2D eigenvalue weighted by molar-refractivity contribution is 9.10. The first-order valence-electron chi connectivity index (χ1n) is 11.5. The molecule has 1 amide bonds. The number of carbonyl (C=O) groups excluding carboxylic acids is 2. The van der Waals surface area contributed by atoms with Gasteiger partial charge in [0.25, 0.3) is 11.7 Å². The van der Waals surface area contributed by atoms with Crippen LogP contribution in [0.3, 0.4) is 0 Å². The predicted octanol–water partition coefficient (Wildman–Crippen LogP) is 3.80. The van der Waals surface area contributed by atoms with Crippen molar-refractivity contribution in [3.8, 4) is 11.5 Å². The molecule has 0 bridgehead atoms. The van der Waals surface area contributed by atoms with Crippen molar-refractivity contribution in [3.05, 3.63) is 63.0 Å². The Bertz CT molecular complexity index is 1390. The Labute approximate surface area is 217 Å². The smallest absolute Gasteiger partial charge is 0.295 e. The van der Waals surface area contributed by atoms with Crippen LogP contribution in [0.15, 0.2) is 40.5 Å². The Morgan fingerprint density at radius 2 is 1.97 bits per heavy atom. The van der Waals surface area contributed by atoms with Gasteiger partial charge in [0.05, 0.1) is 28.9 Å². The third-order valence-electron chi connectivity index (χ3n) is 6.44. The summed E-state index contributed by atoms with van der Waals surface area (Å²) in [5.74, 6) is -1.73. The molecular weight excluding hydrogens is 528 g/mol. The Balaban J connectivity index is 1.93. The van der Waals surface area contributed by atoms with Gasteiger partial charge in [-0.3, -0.25) is 9.59 Å². The minimum absolute atomic E-state index is 0.0475. The summed E-state index contributed by atoms with van der Waals surface area (Å²) in [5, 5.41) is 21.8. The van der Waals surface area contributed by atoms with Crippen LogP contribution in [0.1, 0.15) is 35.0 Å². The lowest BCUT2D eigenvalue weighted by Crippen LogP contribution is -2.32. The zero-order valence-corrected chi connectivity index (χ0v) is 22.5. The van der Waals surface area contributed by atoms with E-state index >= 15 is 0 Å². The Morgan fingerprint density at radius 3 is 2.61 bits per heavy atom. The number of hydrogen-bond donors (Lipinski definition) is 2. The molecule has 0 spiro atoms. The van der Waals surface area contributed by atoms with E-state index in [2.05, 4.69) is 20.9 Å². The minimum atomic E-state index is -0.886. The van der Waals surface area contributed by atoms with Crippen LogP contribution in [-0.4, -0.2) is 75.4 Å². The number of imidazole rings is 1. The summed E-state index contributed by atoms with van der Waals surface area (Å²) in [7, 11) is 5.28. The molecule has 0 saturated carbocycles. The molecule has 190 valence electrons. The zero-order valence-electron chi connectivity index (χ0n) is 20.9. The van der Waals surface area contributed by atoms with Crippen LogP contribution in [-0.2, 0) is 9.59 Å². The molecule has 4 rings (SSSR count). The normalized spacial score (nSPS) is 17.5. The number of ether oxygens (including phenoxy) is 1. The SMILES string of the molecule is COc1cc(C2C(=C(O)c3nc4c(C)cccn4c3C)C(=O)C(=O)N2CCCN(C)C)cc(Br)c1O. The molecule has 1 aromatic carbocycles. The number of carbonyl (C=O) groups is 2. The summed E-state index contributed by atoms with van der Waals surface area (Å²) < 4.78 is 7.49. The molecule has 3 heterocycles. The summed E-state index contributed by atoms with van der Waals surface area (Å²) >= 11 is 3.33. The first-order chi connectivity index (χ1) is 17.1. The van der Waals surface area contributed by atoms with E-state index in [1.165, 1.54) is 12.0 Å². The van der Waals surface area contributed by atoms with E-state index in [1.54, 1.807) is 19.1 Å². The fourth-order valence-electron chi connectivity index (χ4n) is 4.60. The van der Waals surface area contributed by atoms with Crippen molar-refractivity contribution in [1.82, 2.24) is 19.2 Å². The standard InChI is InChI=1S/C26H29BrN4O5/c1-14-8-6-10-30-15(2)20(28-25(14)30)23(33)19-21(16-12-17(27)22(32)18(13-16)36-5)31(26(35)24(19)34)11-7-9-29(3)4/h6,8,10,12-13,21,32-33H,7,9,11H2,1-5H3. The number of pyridine rings is 1. The van der Waals surface area contributed by atoms with Crippen molar-refractivity contribution in [1.29, 1.82) is 0 Å². The Kier molecular flexibility index (Phi) is 7.10. The van der Waals surface area contributed by atoms with Crippen molar-refractivity contribution in [2.45, 2.75) is 26.3 Å². The van der Waals surface area contributed by atoms with E-state index < -0.39 is 17.7 Å². The number of methoxy groups -OCH3 is 1. The number of amides is 1. The van der Waals surface area contributed by atoms with Gasteiger partial charge in [0.1, 0.15) is 11.3 Å². The van der Waals surface area contributed by atoms with Crippen LogP contribution in [0.4, 0.5) is 0 Å². The van der Waals surface area contributed by atoms with Gasteiger partial charge >= 0.3 is 0 Å². The summed E-state index contributed by atoms with van der Waals surface area (Å²) in [6, 6.07) is 6.11. The number of halogens is 1. The molecule has 1 atom stereocenters. The lowest BCUT2D eigenvalue weighted by molar-refractivity contribution is -0.139. The summed E-state index contributed by atoms with van der Waals surface area (Å²) in [4.78, 5) is 34.7. The summed E-state index contributed by atoms with van der Waals surface area (Å²) in [6.45, 7) is 4.73. The number of Topliss-reactive ketones (excluding diaryl/α,β-unsaturated/α-hetero) is 1. The number of aliphatic hydroxyl groups is 1. The number of phenolic OH excluding ortho intramolecular Hbond substituents is 1. The van der Waals surface area contributed by atoms with Gasteiger partial charge in [-0.25, -0.2) is 4.98 Å². The van der Waals surface area contributed by atoms with E-state index in [1.807, 2.05) is 48.6 Å². The molecule has 0 aliphatic carbocycles. The maximum atomic E-state index is 13.4. The molecule has 9 nitrogen and oxygen atoms in total. The van der Waals surface area contributed by atoms with Crippen molar-refractivity contribution in [2.75, 3.05) is 34.3 Å². The highest BCUT2D eigenvalue weighted by Crippen LogP contribution is 2.44. The minimum Gasteiger partial charge on any atom is -0.505 e. The molecule has 10 heteroatoms. The molecule has 1 fully saturated rings. The molecule has 36 heavy (non-hydrogen) atoms. The zero-order chi connectivity index (χ0) is 26.3. The number of aromatic nitrogens is 2. The molecule has 2 N–H and O–H groups in total. The lowest BCUT2D eigenvalue weighted by Gasteiger charge is -2.26. The van der Waals surface area contributed by atoms with Crippen LogP contribution in [0.2, 0.25) is 0 Å². The van der Waals surface area contributed by atoms with E-state index in [4.69, 9.17) is 4.74 Å². The van der Waals surface area contributed by atoms with Crippen LogP contribution in [0.25, 0.3) is 11.4 Å². The monoisotopic (exact) mass is 556 g/mol. The summed E-state index contributed by atoms with van der Waals surface area (Å²) in [5.41, 5.74) is 2.92. The highest BCUT2D eigenvalue weighted by Gasteiger charge is 2.46. The second kappa shape index (κ2) is 9.94. The number of benzene rings is 1. The molecule has 1 aliphatic heterocycles. The van der Waals surface area contributed by atoms with E-state index in [0.29, 0.717) is 40.9 Å². The maximum absolute atomic E-state index is 13.4. The quantitative estimate of drug-likeness (QED) is 0.259. The van der Waals surface area contributed by atoms with Gasteiger partial charge in [0.2, 0.25) is 0 Å². The first kappa shape index (κ1) is 25.7. The number of phenols is 1. The molecule has 3 aromatic rings. The predicted molar refractivity (Wildman–Crippen MR) is 139 cm³/mol. The van der Waals surface area contributed by atoms with Crippen LogP contribution >= 0.6 is 15.9 Å². The van der Waals surface area contributed by atoms with Crippen LogP contribution < -0.4 is 4.74 Å². The van der Waals surface area contributed by atoms with Crippen molar-refractivity contribution < 1.29 is 24.5 Å². The number of aryl methyl sites for hydroxylation is 2. The third kappa shape index (κ3) is 4.35. The highest BCUT2D eigenvalue weighted by atomic mass is 79.9. The lowest BCUT2D eigenvalue weighted by atomic mass is 9.96. The van der Waals surface area contributed by atoms with Crippen molar-refractivity contribution in [2.24, 2.45) is 0 Å². The number of ketones is 1. The molecule has 1 aliphatic rings. The second-order valence-electron chi connectivity index (χ2n) is 9.13. The number of hydrogen-bond acceptors (Lipinski definition) is 7. The van der Waals surface area contributed by atoms with Crippen molar-refractivity contribution >= 4 is 39.0 Å². The first-order valence-corrected chi connectivity index (χ1v) is 12.3. The van der Waals surface area contributed by atoms with E-state index in [9.17, 15) is 19.8 Å². The second-order valence-corrected chi connectivity index (χ2v) is 9.99. The number of nitrogens with zero attached hydrogens (tertiary/aromatic N) is 4. The Hall–Kier alpha value is -3.37. The molecular formula is C26H29BrN4O5. The fraction of sp³-hybridized carbons (Fsp3) is 0.346. The number of fused-ring (bicyclic) bond motifs is 1. The van der Waals surface area contributed by atoms with Crippen LogP contribution in [0, 0.1) is 13.8 Å². The van der Waals surface area contributed by atoms with E-state index in [0.717, 1.165) is 5.56 Å². The Morgan fingerprint density at radius 1 is 1.25 bits per heavy atom. The molecule has 2 aromatic heterocycles. The molecule has 1 unspecified atom stereocenters. The molecule has 1 saturated heterocycles. The number of aromatic hydroxyl groups is 1. The van der Waals surface area contributed by atoms with Gasteiger partial charge in [0, 0.05) is 12.7 Å². The average molecular weight is 557 g/mol. The number of aliphatic hydroxyl groups excluding tert-OH is 1. The summed E-state index contributed by atoms with van der Waals surface area (Å²) in [6.07, 6.45) is 2.46. The maximum Gasteiger partial charge on any atom is 0.295 e. The largest absolute Gasteiger partial charge is 0.505 e. The third-order valence-corrected chi connectivity index (χ3v) is 7.04. The van der Waals surface area contributed by atoms with Gasteiger partial charge < -0.3 is 29.2 Å². The van der Waals surface area contributed by atoms with Gasteiger partial charge in [-0.15, -0.1) is 0 Å². The van der Waals surface area contributed by atoms with Gasteiger partial charge in [0.15, 0.2) is 17.3 Å². The molecule has 0 radical (unpaired) electrons. The van der Waals surface area contributed by atoms with Crippen molar-refractivity contribution in [3.63, 3.8) is 0 Å².